The van der Waals surface area contributed by atoms with E-state index in [4.69, 9.17) is 23.2 Å². The third-order valence-corrected chi connectivity index (χ3v) is 4.03. The second kappa shape index (κ2) is 5.70. The summed E-state index contributed by atoms with van der Waals surface area (Å²) in [6.07, 6.45) is 3.33. The van der Waals surface area contributed by atoms with Crippen molar-refractivity contribution in [3.63, 3.8) is 0 Å². The number of ketones is 1. The van der Waals surface area contributed by atoms with Gasteiger partial charge in [-0.15, -0.1) is 11.3 Å². The van der Waals surface area contributed by atoms with E-state index >= 15 is 0 Å². The predicted molar refractivity (Wildman–Crippen MR) is 78.9 cm³/mol. The molecule has 0 aliphatic rings. The molecule has 0 atom stereocenters. The van der Waals surface area contributed by atoms with Crippen LogP contribution in [0.5, 0.6) is 0 Å². The van der Waals surface area contributed by atoms with Crippen LogP contribution in [0.15, 0.2) is 35.7 Å². The van der Waals surface area contributed by atoms with Gasteiger partial charge in [-0.3, -0.25) is 4.79 Å². The normalized spacial score (nSPS) is 11.1. The van der Waals surface area contributed by atoms with E-state index in [9.17, 15) is 4.79 Å². The molecule has 2 aromatic rings. The van der Waals surface area contributed by atoms with E-state index in [1.165, 1.54) is 6.08 Å². The zero-order chi connectivity index (χ0) is 13.1. The molecule has 0 aliphatic heterocycles. The minimum absolute atomic E-state index is 0.143. The molecule has 0 unspecified atom stereocenters. The summed E-state index contributed by atoms with van der Waals surface area (Å²) in [7, 11) is 0. The van der Waals surface area contributed by atoms with E-state index < -0.39 is 0 Å². The lowest BCUT2D eigenvalue weighted by atomic mass is 10.1. The van der Waals surface area contributed by atoms with Gasteiger partial charge in [0.25, 0.3) is 0 Å². The number of allylic oxidation sites excluding steroid dienone is 1. The maximum atomic E-state index is 12.0. The lowest BCUT2D eigenvalue weighted by Crippen LogP contribution is -1.95. The number of aryl methyl sites for hydroxylation is 1. The highest BCUT2D eigenvalue weighted by Gasteiger charge is 2.08. The Labute approximate surface area is 120 Å². The van der Waals surface area contributed by atoms with Crippen LogP contribution in [0, 0.1) is 6.92 Å². The molecule has 2 rings (SSSR count). The van der Waals surface area contributed by atoms with Crippen LogP contribution >= 0.6 is 34.5 Å². The Hall–Kier alpha value is -1.09. The molecule has 0 fully saturated rings. The average Bonchev–Trinajstić information content (AvgIpc) is 2.75. The second-order valence-corrected chi connectivity index (χ2v) is 5.58. The van der Waals surface area contributed by atoms with Gasteiger partial charge in [0.2, 0.25) is 0 Å². The van der Waals surface area contributed by atoms with Crippen LogP contribution in [0.4, 0.5) is 0 Å². The maximum absolute atomic E-state index is 12.0. The Balaban J connectivity index is 2.25. The Morgan fingerprint density at radius 3 is 2.72 bits per heavy atom. The number of hydrogen-bond acceptors (Lipinski definition) is 2. The predicted octanol–water partition coefficient (Wildman–Crippen LogP) is 5.26. The van der Waals surface area contributed by atoms with Crippen molar-refractivity contribution < 1.29 is 4.79 Å². The number of hydrogen-bond donors (Lipinski definition) is 0. The molecule has 0 radical (unpaired) electrons. The van der Waals surface area contributed by atoms with Gasteiger partial charge in [0, 0.05) is 15.5 Å². The summed E-state index contributed by atoms with van der Waals surface area (Å²) in [5.74, 6) is -0.143. The van der Waals surface area contributed by atoms with E-state index in [0.717, 1.165) is 10.4 Å². The van der Waals surface area contributed by atoms with Crippen LogP contribution in [0.1, 0.15) is 20.8 Å². The molecule has 0 aliphatic carbocycles. The fraction of sp³-hybridized carbons (Fsp3) is 0.0714. The number of halogens is 2. The summed E-state index contributed by atoms with van der Waals surface area (Å²) < 4.78 is 0. The summed E-state index contributed by atoms with van der Waals surface area (Å²) in [6.45, 7) is 2.01. The van der Waals surface area contributed by atoms with Gasteiger partial charge in [0.1, 0.15) is 0 Å². The largest absolute Gasteiger partial charge is 0.289 e. The van der Waals surface area contributed by atoms with Gasteiger partial charge >= 0.3 is 0 Å². The van der Waals surface area contributed by atoms with Crippen LogP contribution in [-0.2, 0) is 0 Å². The van der Waals surface area contributed by atoms with Gasteiger partial charge in [0.05, 0.1) is 5.02 Å². The molecule has 1 aromatic heterocycles. The van der Waals surface area contributed by atoms with Crippen LogP contribution in [0.3, 0.4) is 0 Å². The molecular formula is C14H10Cl2OS. The Morgan fingerprint density at radius 1 is 1.28 bits per heavy atom. The number of benzene rings is 1. The summed E-state index contributed by atoms with van der Waals surface area (Å²) in [4.78, 5) is 13.1. The highest BCUT2D eigenvalue weighted by Crippen LogP contribution is 2.22. The molecular weight excluding hydrogens is 287 g/mol. The molecule has 1 heterocycles. The molecule has 0 N–H and O–H groups in total. The quantitative estimate of drug-likeness (QED) is 0.558. The van der Waals surface area contributed by atoms with Gasteiger partial charge in [-0.2, -0.15) is 0 Å². The van der Waals surface area contributed by atoms with E-state index in [2.05, 4.69) is 0 Å². The molecule has 92 valence electrons. The lowest BCUT2D eigenvalue weighted by Gasteiger charge is -2.00. The minimum Gasteiger partial charge on any atom is -0.289 e. The first-order valence-corrected chi connectivity index (χ1v) is 6.93. The highest BCUT2D eigenvalue weighted by molar-refractivity contribution is 7.11. The third kappa shape index (κ3) is 3.02. The van der Waals surface area contributed by atoms with Crippen molar-refractivity contribution in [3.05, 3.63) is 61.8 Å². The molecule has 0 saturated heterocycles. The van der Waals surface area contributed by atoms with Crippen LogP contribution in [-0.4, -0.2) is 5.78 Å². The minimum atomic E-state index is -0.143. The summed E-state index contributed by atoms with van der Waals surface area (Å²) in [6, 6.07) is 6.88. The van der Waals surface area contributed by atoms with Crippen molar-refractivity contribution in [2.45, 2.75) is 6.92 Å². The van der Waals surface area contributed by atoms with E-state index in [-0.39, 0.29) is 5.78 Å². The SMILES string of the molecule is Cc1ccsc1C=CC(=O)c1cc(Cl)ccc1Cl. The Morgan fingerprint density at radius 2 is 2.06 bits per heavy atom. The van der Waals surface area contributed by atoms with Gasteiger partial charge < -0.3 is 0 Å². The maximum Gasteiger partial charge on any atom is 0.187 e. The molecule has 1 nitrogen and oxygen atoms in total. The van der Waals surface area contributed by atoms with Crippen molar-refractivity contribution in [2.75, 3.05) is 0 Å². The van der Waals surface area contributed by atoms with Gasteiger partial charge in [0.15, 0.2) is 5.78 Å². The van der Waals surface area contributed by atoms with Crippen molar-refractivity contribution >= 4 is 46.4 Å². The summed E-state index contributed by atoms with van der Waals surface area (Å²) >= 11 is 13.4. The number of carbonyl (C=O) groups excluding carboxylic acids is 1. The highest BCUT2D eigenvalue weighted by atomic mass is 35.5. The monoisotopic (exact) mass is 296 g/mol. The number of thiophene rings is 1. The molecule has 4 heteroatoms. The van der Waals surface area contributed by atoms with Gasteiger partial charge in [-0.05, 0) is 54.3 Å². The topological polar surface area (TPSA) is 17.1 Å². The molecule has 18 heavy (non-hydrogen) atoms. The molecule has 0 amide bonds. The first kappa shape index (κ1) is 13.3. The van der Waals surface area contributed by atoms with Gasteiger partial charge in [-0.1, -0.05) is 23.2 Å². The molecule has 1 aromatic carbocycles. The first-order chi connectivity index (χ1) is 8.58. The zero-order valence-corrected chi connectivity index (χ0v) is 11.9. The third-order valence-electron chi connectivity index (χ3n) is 2.48. The van der Waals surface area contributed by atoms with E-state index in [1.54, 1.807) is 35.6 Å². The molecule has 0 bridgehead atoms. The standard InChI is InChI=1S/C14H10Cl2OS/c1-9-6-7-18-14(9)5-4-13(17)11-8-10(15)2-3-12(11)16/h2-8H,1H3. The van der Waals surface area contributed by atoms with Crippen molar-refractivity contribution in [1.82, 2.24) is 0 Å². The fourth-order valence-corrected chi connectivity index (χ4v) is 2.68. The zero-order valence-electron chi connectivity index (χ0n) is 9.61. The number of carbonyl (C=O) groups is 1. The van der Waals surface area contributed by atoms with Crippen LogP contribution in [0.2, 0.25) is 10.0 Å². The molecule has 0 saturated carbocycles. The molecule has 0 spiro atoms. The Kier molecular flexibility index (Phi) is 4.23. The van der Waals surface area contributed by atoms with Crippen molar-refractivity contribution in [1.29, 1.82) is 0 Å². The van der Waals surface area contributed by atoms with Gasteiger partial charge in [-0.25, -0.2) is 0 Å². The van der Waals surface area contributed by atoms with Crippen molar-refractivity contribution in [3.8, 4) is 0 Å². The number of rotatable bonds is 3. The average molecular weight is 297 g/mol. The van der Waals surface area contributed by atoms with Crippen LogP contribution < -0.4 is 0 Å². The van der Waals surface area contributed by atoms with E-state index in [0.29, 0.717) is 15.6 Å². The van der Waals surface area contributed by atoms with Crippen LogP contribution in [0.25, 0.3) is 6.08 Å². The van der Waals surface area contributed by atoms with Crippen molar-refractivity contribution in [2.24, 2.45) is 0 Å². The summed E-state index contributed by atoms with van der Waals surface area (Å²) in [5, 5.41) is 2.91. The Bertz CT molecular complexity index is 614. The lowest BCUT2D eigenvalue weighted by molar-refractivity contribution is 0.104. The smallest absolute Gasteiger partial charge is 0.187 e. The fourth-order valence-electron chi connectivity index (χ4n) is 1.48. The summed E-state index contributed by atoms with van der Waals surface area (Å²) in [5.41, 5.74) is 1.58. The second-order valence-electron chi connectivity index (χ2n) is 3.79. The first-order valence-electron chi connectivity index (χ1n) is 5.29. The van der Waals surface area contributed by atoms with E-state index in [1.807, 2.05) is 18.4 Å².